The van der Waals surface area contributed by atoms with Crippen LogP contribution in [0.2, 0.25) is 0 Å². The van der Waals surface area contributed by atoms with E-state index in [9.17, 15) is 9.59 Å². The predicted molar refractivity (Wildman–Crippen MR) is 114 cm³/mol. The van der Waals surface area contributed by atoms with E-state index in [0.717, 1.165) is 15.6 Å². The van der Waals surface area contributed by atoms with E-state index in [1.54, 1.807) is 35.4 Å². The molecule has 5 rings (SSSR count). The highest BCUT2D eigenvalue weighted by Crippen LogP contribution is 2.40. The molecule has 0 N–H and O–H groups in total. The molecule has 4 aromatic rings. The number of nitrogens with zero attached hydrogens (tertiary/aromatic N) is 2. The van der Waals surface area contributed by atoms with Gasteiger partial charge in [0.2, 0.25) is 5.76 Å². The molecule has 29 heavy (non-hydrogen) atoms. The van der Waals surface area contributed by atoms with Crippen LogP contribution in [0.25, 0.3) is 11.0 Å². The fraction of sp³-hybridized carbons (Fsp3) is 0.0870. The third-order valence-electron chi connectivity index (χ3n) is 5.11. The smallest absolute Gasteiger partial charge is 0.296 e. The first-order chi connectivity index (χ1) is 14.0. The summed E-state index contributed by atoms with van der Waals surface area (Å²) in [6, 6.07) is 17.7. The molecule has 1 unspecified atom stereocenters. The second kappa shape index (κ2) is 6.67. The van der Waals surface area contributed by atoms with Gasteiger partial charge in [0.05, 0.1) is 17.0 Å². The van der Waals surface area contributed by atoms with Crippen LogP contribution in [-0.4, -0.2) is 10.9 Å². The number of fused-ring (bicyclic) bond motifs is 2. The zero-order valence-electron chi connectivity index (χ0n) is 15.4. The molecule has 3 heterocycles. The van der Waals surface area contributed by atoms with Crippen LogP contribution >= 0.6 is 15.9 Å². The van der Waals surface area contributed by atoms with Crippen molar-refractivity contribution in [2.75, 3.05) is 4.90 Å². The number of benzene rings is 2. The Hall–Kier alpha value is -3.25. The van der Waals surface area contributed by atoms with Gasteiger partial charge in [-0.05, 0) is 54.4 Å². The summed E-state index contributed by atoms with van der Waals surface area (Å²) in [6.45, 7) is 1.94. The Morgan fingerprint density at radius 2 is 1.79 bits per heavy atom. The quantitative estimate of drug-likeness (QED) is 0.434. The second-order valence-electron chi connectivity index (χ2n) is 6.99. The van der Waals surface area contributed by atoms with E-state index in [2.05, 4.69) is 20.9 Å². The Balaban J connectivity index is 1.82. The van der Waals surface area contributed by atoms with Gasteiger partial charge in [-0.2, -0.15) is 0 Å². The minimum atomic E-state index is -0.610. The molecule has 142 valence electrons. The van der Waals surface area contributed by atoms with E-state index in [1.165, 1.54) is 0 Å². The van der Waals surface area contributed by atoms with Crippen molar-refractivity contribution < 1.29 is 9.21 Å². The summed E-state index contributed by atoms with van der Waals surface area (Å²) in [6.07, 6.45) is 1.66. The van der Waals surface area contributed by atoms with Crippen molar-refractivity contribution in [1.29, 1.82) is 0 Å². The van der Waals surface area contributed by atoms with Crippen molar-refractivity contribution in [3.63, 3.8) is 0 Å². The third kappa shape index (κ3) is 2.79. The Morgan fingerprint density at radius 3 is 2.55 bits per heavy atom. The van der Waals surface area contributed by atoms with Gasteiger partial charge in [0, 0.05) is 10.7 Å². The number of pyridine rings is 1. The van der Waals surface area contributed by atoms with E-state index >= 15 is 0 Å². The molecule has 0 radical (unpaired) electrons. The Morgan fingerprint density at radius 1 is 1.03 bits per heavy atom. The number of halogens is 1. The van der Waals surface area contributed by atoms with Gasteiger partial charge in [0.1, 0.15) is 11.4 Å². The molecule has 0 saturated heterocycles. The Labute approximate surface area is 174 Å². The first-order valence-corrected chi connectivity index (χ1v) is 9.91. The highest BCUT2D eigenvalue weighted by atomic mass is 79.9. The zero-order chi connectivity index (χ0) is 20.1. The standard InChI is InChI=1S/C23H15BrN2O3/c1-13-10-11-25-18(12-13)26-20(14-6-8-15(24)9-7-14)19-21(27)16-4-2-3-5-17(16)29-22(19)23(26)28/h2-12,20H,1H3. The van der Waals surface area contributed by atoms with Gasteiger partial charge in [0.25, 0.3) is 5.91 Å². The van der Waals surface area contributed by atoms with Crippen molar-refractivity contribution in [2.45, 2.75) is 13.0 Å². The Kier molecular flexibility index (Phi) is 4.10. The summed E-state index contributed by atoms with van der Waals surface area (Å²) in [7, 11) is 0. The van der Waals surface area contributed by atoms with E-state index < -0.39 is 6.04 Å². The van der Waals surface area contributed by atoms with Crippen molar-refractivity contribution >= 4 is 38.6 Å². The van der Waals surface area contributed by atoms with Gasteiger partial charge in [-0.25, -0.2) is 4.98 Å². The highest BCUT2D eigenvalue weighted by molar-refractivity contribution is 9.10. The number of para-hydroxylation sites is 1. The lowest BCUT2D eigenvalue weighted by molar-refractivity contribution is 0.0970. The minimum Gasteiger partial charge on any atom is -0.450 e. The van der Waals surface area contributed by atoms with E-state index in [-0.39, 0.29) is 17.1 Å². The molecule has 0 fully saturated rings. The molecular weight excluding hydrogens is 432 g/mol. The number of carbonyl (C=O) groups is 1. The molecule has 6 heteroatoms. The maximum Gasteiger partial charge on any atom is 0.296 e. The molecular formula is C23H15BrN2O3. The molecule has 0 spiro atoms. The third-order valence-corrected chi connectivity index (χ3v) is 5.64. The van der Waals surface area contributed by atoms with Crippen LogP contribution < -0.4 is 10.3 Å². The molecule has 2 aromatic carbocycles. The van der Waals surface area contributed by atoms with Crippen molar-refractivity contribution in [3.8, 4) is 0 Å². The van der Waals surface area contributed by atoms with E-state index in [0.29, 0.717) is 22.4 Å². The number of hydrogen-bond acceptors (Lipinski definition) is 4. The molecule has 0 aliphatic carbocycles. The van der Waals surface area contributed by atoms with Gasteiger partial charge in [0.15, 0.2) is 5.43 Å². The normalized spacial score (nSPS) is 15.7. The van der Waals surface area contributed by atoms with Crippen LogP contribution in [0, 0.1) is 6.92 Å². The summed E-state index contributed by atoms with van der Waals surface area (Å²) in [5, 5.41) is 0.459. The molecule has 1 aliphatic rings. The molecule has 5 nitrogen and oxygen atoms in total. The summed E-state index contributed by atoms with van der Waals surface area (Å²) < 4.78 is 6.84. The number of anilines is 1. The fourth-order valence-corrected chi connectivity index (χ4v) is 4.03. The summed E-state index contributed by atoms with van der Waals surface area (Å²) in [4.78, 5) is 32.7. The second-order valence-corrected chi connectivity index (χ2v) is 7.91. The zero-order valence-corrected chi connectivity index (χ0v) is 17.0. The summed E-state index contributed by atoms with van der Waals surface area (Å²) in [5.74, 6) is 0.191. The number of rotatable bonds is 2. The van der Waals surface area contributed by atoms with Crippen molar-refractivity contribution in [2.24, 2.45) is 0 Å². The monoisotopic (exact) mass is 446 g/mol. The summed E-state index contributed by atoms with van der Waals surface area (Å²) in [5.41, 5.74) is 2.33. The topological polar surface area (TPSA) is 63.4 Å². The van der Waals surface area contributed by atoms with Crippen LogP contribution in [0.4, 0.5) is 5.82 Å². The SMILES string of the molecule is Cc1ccnc(N2C(=O)c3oc4ccccc4c(=O)c3C2c2ccc(Br)cc2)c1. The molecule has 2 aromatic heterocycles. The van der Waals surface area contributed by atoms with Crippen LogP contribution in [0.5, 0.6) is 0 Å². The van der Waals surface area contributed by atoms with Crippen LogP contribution in [0.1, 0.15) is 33.3 Å². The van der Waals surface area contributed by atoms with Crippen LogP contribution in [0.15, 0.2) is 80.5 Å². The average Bonchev–Trinajstić information content (AvgIpc) is 3.02. The molecule has 0 bridgehead atoms. The van der Waals surface area contributed by atoms with Gasteiger partial charge in [-0.15, -0.1) is 0 Å². The highest BCUT2D eigenvalue weighted by Gasteiger charge is 2.44. The maximum absolute atomic E-state index is 13.4. The Bertz CT molecular complexity index is 1330. The maximum atomic E-state index is 13.4. The lowest BCUT2D eigenvalue weighted by atomic mass is 9.98. The largest absolute Gasteiger partial charge is 0.450 e. The van der Waals surface area contributed by atoms with Crippen LogP contribution in [-0.2, 0) is 0 Å². The number of aryl methyl sites for hydroxylation is 1. The number of amides is 1. The average molecular weight is 447 g/mol. The van der Waals surface area contributed by atoms with Gasteiger partial charge < -0.3 is 4.42 Å². The van der Waals surface area contributed by atoms with E-state index in [4.69, 9.17) is 4.42 Å². The predicted octanol–water partition coefficient (Wildman–Crippen LogP) is 5.01. The fourth-order valence-electron chi connectivity index (χ4n) is 3.77. The van der Waals surface area contributed by atoms with Gasteiger partial charge >= 0.3 is 0 Å². The summed E-state index contributed by atoms with van der Waals surface area (Å²) >= 11 is 3.44. The van der Waals surface area contributed by atoms with E-state index in [1.807, 2.05) is 43.3 Å². The van der Waals surface area contributed by atoms with Crippen molar-refractivity contribution in [3.05, 3.63) is 104 Å². The van der Waals surface area contributed by atoms with Crippen LogP contribution in [0.3, 0.4) is 0 Å². The first-order valence-electron chi connectivity index (χ1n) is 9.12. The molecule has 1 amide bonds. The van der Waals surface area contributed by atoms with Crippen molar-refractivity contribution in [1.82, 2.24) is 4.98 Å². The number of carbonyl (C=O) groups excluding carboxylic acids is 1. The molecule has 1 aliphatic heterocycles. The minimum absolute atomic E-state index is 0.0740. The number of aromatic nitrogens is 1. The number of hydrogen-bond donors (Lipinski definition) is 0. The molecule has 0 saturated carbocycles. The lowest BCUT2D eigenvalue weighted by Gasteiger charge is -2.24. The van der Waals surface area contributed by atoms with Gasteiger partial charge in [-0.3, -0.25) is 14.5 Å². The lowest BCUT2D eigenvalue weighted by Crippen LogP contribution is -2.30. The van der Waals surface area contributed by atoms with Gasteiger partial charge in [-0.1, -0.05) is 40.2 Å². The molecule has 1 atom stereocenters. The first kappa shape index (κ1) is 17.8.